The van der Waals surface area contributed by atoms with E-state index < -0.39 is 5.76 Å². The van der Waals surface area contributed by atoms with E-state index in [1.165, 1.54) is 23.8 Å². The van der Waals surface area contributed by atoms with E-state index in [-0.39, 0.29) is 10.0 Å². The highest BCUT2D eigenvalue weighted by molar-refractivity contribution is 6.38. The fraction of sp³-hybridized carbons (Fsp3) is 0.0714. The van der Waals surface area contributed by atoms with Gasteiger partial charge in [0.25, 0.3) is 0 Å². The summed E-state index contributed by atoms with van der Waals surface area (Å²) in [6, 6.07) is 8.08. The van der Waals surface area contributed by atoms with Crippen LogP contribution in [-0.2, 0) is 0 Å². The maximum atomic E-state index is 12.1. The van der Waals surface area contributed by atoms with Gasteiger partial charge >= 0.3 is 5.76 Å². The van der Waals surface area contributed by atoms with Crippen molar-refractivity contribution < 1.29 is 9.15 Å². The highest BCUT2D eigenvalue weighted by Crippen LogP contribution is 2.33. The number of fused-ring (bicyclic) bond motifs is 1. The Morgan fingerprint density at radius 1 is 1.19 bits per heavy atom. The number of hydrogen-bond acceptors (Lipinski definition) is 4. The summed E-state index contributed by atoms with van der Waals surface area (Å²) in [5.74, 6) is -0.00951. The van der Waals surface area contributed by atoms with Crippen LogP contribution in [0.2, 0.25) is 10.0 Å². The highest BCUT2D eigenvalue weighted by Gasteiger charge is 2.17. The van der Waals surface area contributed by atoms with Crippen LogP contribution < -0.4 is 16.2 Å². The van der Waals surface area contributed by atoms with Crippen molar-refractivity contribution in [3.8, 4) is 11.4 Å². The zero-order chi connectivity index (χ0) is 15.1. The van der Waals surface area contributed by atoms with E-state index in [4.69, 9.17) is 38.1 Å². The molecule has 2 aromatic carbocycles. The van der Waals surface area contributed by atoms with Crippen molar-refractivity contribution in [3.63, 3.8) is 0 Å². The summed E-state index contributed by atoms with van der Waals surface area (Å²) in [5, 5.41) is 0.529. The molecule has 1 aromatic heterocycles. The lowest BCUT2D eigenvalue weighted by molar-refractivity contribution is 0.414. The molecule has 0 atom stereocenters. The van der Waals surface area contributed by atoms with Gasteiger partial charge in [-0.05, 0) is 24.3 Å². The molecule has 0 saturated carbocycles. The third-order valence-electron chi connectivity index (χ3n) is 3.05. The second-order valence-electron chi connectivity index (χ2n) is 4.37. The van der Waals surface area contributed by atoms with Crippen molar-refractivity contribution in [2.75, 3.05) is 12.8 Å². The molecule has 108 valence electrons. The fourth-order valence-corrected chi connectivity index (χ4v) is 2.81. The molecule has 3 rings (SSSR count). The van der Waals surface area contributed by atoms with Crippen LogP contribution in [0.4, 0.5) is 5.69 Å². The van der Waals surface area contributed by atoms with Crippen molar-refractivity contribution in [1.82, 2.24) is 4.57 Å². The van der Waals surface area contributed by atoms with Gasteiger partial charge in [0, 0.05) is 11.8 Å². The summed E-state index contributed by atoms with van der Waals surface area (Å²) in [4.78, 5) is 12.1. The Morgan fingerprint density at radius 3 is 2.48 bits per heavy atom. The van der Waals surface area contributed by atoms with Gasteiger partial charge in [0.15, 0.2) is 5.58 Å². The normalized spacial score (nSPS) is 11.0. The maximum Gasteiger partial charge on any atom is 0.424 e. The summed E-state index contributed by atoms with van der Waals surface area (Å²) in [5.41, 5.74) is 7.34. The van der Waals surface area contributed by atoms with Crippen LogP contribution in [0.15, 0.2) is 39.5 Å². The lowest BCUT2D eigenvalue weighted by atomic mass is 10.2. The second kappa shape index (κ2) is 5.02. The molecule has 0 aliphatic rings. The van der Waals surface area contributed by atoms with Crippen LogP contribution in [0, 0.1) is 0 Å². The molecule has 0 radical (unpaired) electrons. The molecule has 0 saturated heterocycles. The number of methoxy groups -OCH3 is 1. The van der Waals surface area contributed by atoms with Gasteiger partial charge < -0.3 is 14.9 Å². The lowest BCUT2D eigenvalue weighted by Gasteiger charge is -2.08. The van der Waals surface area contributed by atoms with Gasteiger partial charge in [0.2, 0.25) is 0 Å². The minimum atomic E-state index is -0.591. The Balaban J connectivity index is 2.36. The standard InChI is InChI=1S/C14H10Cl2N2O3/c1-20-8-2-3-11-12(6-8)21-14(19)18(11)13-9(15)4-7(17)5-10(13)16/h2-6H,17H2,1H3. The Labute approximate surface area is 129 Å². The van der Waals surface area contributed by atoms with Gasteiger partial charge in [-0.3, -0.25) is 0 Å². The molecule has 7 heteroatoms. The molecule has 0 spiro atoms. The number of halogens is 2. The van der Waals surface area contributed by atoms with Crippen LogP contribution in [0.5, 0.6) is 5.75 Å². The largest absolute Gasteiger partial charge is 0.497 e. The Hall–Kier alpha value is -2.11. The number of nitrogens with two attached hydrogens (primary N) is 1. The molecule has 0 fully saturated rings. The van der Waals surface area contributed by atoms with E-state index in [9.17, 15) is 4.79 Å². The SMILES string of the molecule is COc1ccc2c(c1)oc(=O)n2-c1c(Cl)cc(N)cc1Cl. The second-order valence-corrected chi connectivity index (χ2v) is 5.18. The molecule has 1 heterocycles. The Kier molecular flexibility index (Phi) is 3.31. The van der Waals surface area contributed by atoms with Crippen LogP contribution in [-0.4, -0.2) is 11.7 Å². The first-order valence-electron chi connectivity index (χ1n) is 5.95. The van der Waals surface area contributed by atoms with Gasteiger partial charge in [-0.1, -0.05) is 23.2 Å². The molecule has 0 aliphatic carbocycles. The number of ether oxygens (including phenoxy) is 1. The van der Waals surface area contributed by atoms with Crippen LogP contribution in [0.3, 0.4) is 0 Å². The van der Waals surface area contributed by atoms with Crippen molar-refractivity contribution in [1.29, 1.82) is 0 Å². The average molecular weight is 325 g/mol. The van der Waals surface area contributed by atoms with Crippen LogP contribution in [0.1, 0.15) is 0 Å². The third kappa shape index (κ3) is 2.24. The molecular formula is C14H10Cl2N2O3. The highest BCUT2D eigenvalue weighted by atomic mass is 35.5. The number of benzene rings is 2. The predicted octanol–water partition coefficient (Wildman–Crippen LogP) is 3.48. The molecule has 0 bridgehead atoms. The number of hydrogen-bond donors (Lipinski definition) is 1. The first-order valence-corrected chi connectivity index (χ1v) is 6.71. The molecule has 0 unspecified atom stereocenters. The summed E-state index contributed by atoms with van der Waals surface area (Å²) in [7, 11) is 1.53. The van der Waals surface area contributed by atoms with Crippen molar-refractivity contribution in [3.05, 3.63) is 50.9 Å². The number of rotatable bonds is 2. The van der Waals surface area contributed by atoms with E-state index in [1.54, 1.807) is 18.2 Å². The number of anilines is 1. The van der Waals surface area contributed by atoms with Crippen LogP contribution >= 0.6 is 23.2 Å². The summed E-state index contributed by atoms with van der Waals surface area (Å²) < 4.78 is 11.6. The van der Waals surface area contributed by atoms with Gasteiger partial charge in [0.05, 0.1) is 28.4 Å². The number of oxazole rings is 1. The van der Waals surface area contributed by atoms with E-state index in [1.807, 2.05) is 0 Å². The number of aromatic nitrogens is 1. The molecule has 2 N–H and O–H groups in total. The topological polar surface area (TPSA) is 70.4 Å². The van der Waals surface area contributed by atoms with Crippen LogP contribution in [0.25, 0.3) is 16.8 Å². The minimum absolute atomic E-state index is 0.264. The first-order chi connectivity index (χ1) is 10.0. The summed E-state index contributed by atoms with van der Waals surface area (Å²) in [6.45, 7) is 0. The van der Waals surface area contributed by atoms with E-state index in [0.29, 0.717) is 28.2 Å². The first kappa shape index (κ1) is 13.9. The monoisotopic (exact) mass is 324 g/mol. The number of nitrogens with zero attached hydrogens (tertiary/aromatic N) is 1. The zero-order valence-corrected chi connectivity index (χ0v) is 12.4. The maximum absolute atomic E-state index is 12.1. The van der Waals surface area contributed by atoms with E-state index >= 15 is 0 Å². The van der Waals surface area contributed by atoms with E-state index in [2.05, 4.69) is 0 Å². The summed E-state index contributed by atoms with van der Waals surface area (Å²) >= 11 is 12.3. The average Bonchev–Trinajstić information content (AvgIpc) is 2.73. The molecule has 21 heavy (non-hydrogen) atoms. The molecular weight excluding hydrogens is 315 g/mol. The van der Waals surface area contributed by atoms with Gasteiger partial charge in [-0.2, -0.15) is 0 Å². The predicted molar refractivity (Wildman–Crippen MR) is 82.8 cm³/mol. The van der Waals surface area contributed by atoms with Gasteiger partial charge in [-0.15, -0.1) is 0 Å². The molecule has 5 nitrogen and oxygen atoms in total. The molecule has 3 aromatic rings. The van der Waals surface area contributed by atoms with Crippen molar-refractivity contribution >= 4 is 40.0 Å². The third-order valence-corrected chi connectivity index (χ3v) is 3.63. The van der Waals surface area contributed by atoms with Gasteiger partial charge in [-0.25, -0.2) is 9.36 Å². The minimum Gasteiger partial charge on any atom is -0.497 e. The smallest absolute Gasteiger partial charge is 0.424 e. The Bertz CT molecular complexity index is 876. The zero-order valence-electron chi connectivity index (χ0n) is 10.9. The molecule has 0 aliphatic heterocycles. The quantitative estimate of drug-likeness (QED) is 0.732. The van der Waals surface area contributed by atoms with Crippen molar-refractivity contribution in [2.45, 2.75) is 0 Å². The number of nitrogen functional groups attached to an aromatic ring is 1. The van der Waals surface area contributed by atoms with Crippen molar-refractivity contribution in [2.24, 2.45) is 0 Å². The summed E-state index contributed by atoms with van der Waals surface area (Å²) in [6.07, 6.45) is 0. The fourth-order valence-electron chi connectivity index (χ4n) is 2.14. The lowest BCUT2D eigenvalue weighted by Crippen LogP contribution is -2.13. The van der Waals surface area contributed by atoms with Gasteiger partial charge in [0.1, 0.15) is 5.75 Å². The molecule has 0 amide bonds. The Morgan fingerprint density at radius 2 is 1.86 bits per heavy atom. The van der Waals surface area contributed by atoms with E-state index in [0.717, 1.165) is 0 Å².